The van der Waals surface area contributed by atoms with E-state index in [1.54, 1.807) is 0 Å². The Morgan fingerprint density at radius 2 is 2.20 bits per heavy atom. The van der Waals surface area contributed by atoms with Gasteiger partial charge in [0.2, 0.25) is 5.91 Å². The second-order valence-electron chi connectivity index (χ2n) is 6.49. The van der Waals surface area contributed by atoms with Crippen molar-refractivity contribution in [3.63, 3.8) is 0 Å². The molecule has 0 saturated carbocycles. The Morgan fingerprint density at radius 3 is 3.04 bits per heavy atom. The van der Waals surface area contributed by atoms with E-state index >= 15 is 0 Å². The van der Waals surface area contributed by atoms with Gasteiger partial charge >= 0.3 is 0 Å². The molecule has 1 saturated heterocycles. The van der Waals surface area contributed by atoms with Gasteiger partial charge in [-0.05, 0) is 24.5 Å². The van der Waals surface area contributed by atoms with Crippen LogP contribution in [0.25, 0.3) is 0 Å². The maximum atomic E-state index is 12.8. The molecular weight excluding hydrogens is 320 g/mol. The summed E-state index contributed by atoms with van der Waals surface area (Å²) in [5, 5.41) is 6.98. The van der Waals surface area contributed by atoms with E-state index in [9.17, 15) is 4.79 Å². The van der Waals surface area contributed by atoms with Gasteiger partial charge in [0, 0.05) is 6.54 Å². The van der Waals surface area contributed by atoms with Crippen molar-refractivity contribution in [3.05, 3.63) is 47.0 Å². The van der Waals surface area contributed by atoms with Crippen molar-refractivity contribution >= 4 is 5.91 Å². The van der Waals surface area contributed by atoms with E-state index in [4.69, 9.17) is 9.47 Å². The number of benzene rings is 1. The molecule has 1 fully saturated rings. The van der Waals surface area contributed by atoms with Gasteiger partial charge < -0.3 is 14.4 Å². The van der Waals surface area contributed by atoms with Crippen LogP contribution in [0.4, 0.5) is 0 Å². The predicted molar refractivity (Wildman–Crippen MR) is 89.8 cm³/mol. The quantitative estimate of drug-likeness (QED) is 0.919. The minimum atomic E-state index is -0.276. The summed E-state index contributed by atoms with van der Waals surface area (Å²) in [5.41, 5.74) is 2.42. The lowest BCUT2D eigenvalue weighted by atomic mass is 9.95. The van der Waals surface area contributed by atoms with E-state index in [1.807, 2.05) is 24.0 Å². The van der Waals surface area contributed by atoms with Crippen molar-refractivity contribution in [2.24, 2.45) is 0 Å². The van der Waals surface area contributed by atoms with Crippen LogP contribution in [0.1, 0.15) is 41.4 Å². The van der Waals surface area contributed by atoms with Crippen LogP contribution >= 0.6 is 0 Å². The molecule has 4 rings (SSSR count). The van der Waals surface area contributed by atoms with Crippen LogP contribution in [0.15, 0.2) is 24.3 Å². The third kappa shape index (κ3) is 3.43. The molecule has 1 aromatic heterocycles. The summed E-state index contributed by atoms with van der Waals surface area (Å²) in [6.45, 7) is 4.07. The highest BCUT2D eigenvalue weighted by Crippen LogP contribution is 2.30. The number of fused-ring (bicyclic) bond motifs is 1. The Kier molecular flexibility index (Phi) is 4.50. The van der Waals surface area contributed by atoms with Crippen LogP contribution in [-0.4, -0.2) is 52.3 Å². The lowest BCUT2D eigenvalue weighted by Gasteiger charge is -2.33. The van der Waals surface area contributed by atoms with Crippen LogP contribution in [0, 0.1) is 6.92 Å². The number of hydrogen-bond acceptors (Lipinski definition) is 5. The van der Waals surface area contributed by atoms with Crippen LogP contribution < -0.4 is 0 Å². The fourth-order valence-electron chi connectivity index (χ4n) is 3.47. The zero-order chi connectivity index (χ0) is 17.2. The van der Waals surface area contributed by atoms with Gasteiger partial charge in [-0.2, -0.15) is 5.10 Å². The second-order valence-corrected chi connectivity index (χ2v) is 6.49. The van der Waals surface area contributed by atoms with Gasteiger partial charge in [0.25, 0.3) is 0 Å². The summed E-state index contributed by atoms with van der Waals surface area (Å²) in [7, 11) is 0. The van der Waals surface area contributed by atoms with Gasteiger partial charge in [0.15, 0.2) is 5.82 Å². The topological polar surface area (TPSA) is 80.3 Å². The maximum Gasteiger partial charge on any atom is 0.225 e. The third-order valence-corrected chi connectivity index (χ3v) is 4.77. The molecule has 1 amide bonds. The van der Waals surface area contributed by atoms with E-state index in [0.29, 0.717) is 38.5 Å². The van der Waals surface area contributed by atoms with Crippen LogP contribution in [0.3, 0.4) is 0 Å². The van der Waals surface area contributed by atoms with Gasteiger partial charge in [0.05, 0.1) is 32.3 Å². The molecule has 7 heteroatoms. The number of carbonyl (C=O) groups excluding carboxylic acids is 1. The average molecular weight is 342 g/mol. The van der Waals surface area contributed by atoms with Gasteiger partial charge in [-0.3, -0.25) is 9.89 Å². The zero-order valence-electron chi connectivity index (χ0n) is 14.3. The number of rotatable bonds is 3. The van der Waals surface area contributed by atoms with E-state index in [0.717, 1.165) is 17.8 Å². The number of aryl methyl sites for hydroxylation is 1. The van der Waals surface area contributed by atoms with Crippen molar-refractivity contribution in [1.82, 2.24) is 20.1 Å². The fraction of sp³-hybridized carbons (Fsp3) is 0.500. The lowest BCUT2D eigenvalue weighted by Crippen LogP contribution is -2.43. The SMILES string of the molecule is Cc1nc([C@@H]2CN(C(=O)C[C@H]3OCCc4ccccc43)CCO2)n[nH]1. The Morgan fingerprint density at radius 1 is 1.32 bits per heavy atom. The number of carbonyl (C=O) groups is 1. The van der Waals surface area contributed by atoms with E-state index in [2.05, 4.69) is 27.3 Å². The number of nitrogens with one attached hydrogen (secondary N) is 1. The zero-order valence-corrected chi connectivity index (χ0v) is 14.3. The average Bonchev–Trinajstić information content (AvgIpc) is 3.09. The Bertz CT molecular complexity index is 760. The van der Waals surface area contributed by atoms with Gasteiger partial charge in [-0.25, -0.2) is 4.98 Å². The molecule has 1 aromatic carbocycles. The number of H-pyrrole nitrogens is 1. The summed E-state index contributed by atoms with van der Waals surface area (Å²) in [4.78, 5) is 19.0. The first-order valence-electron chi connectivity index (χ1n) is 8.68. The molecule has 2 aromatic rings. The number of amides is 1. The minimum Gasteiger partial charge on any atom is -0.373 e. The van der Waals surface area contributed by atoms with Crippen LogP contribution in [0.2, 0.25) is 0 Å². The molecule has 2 atom stereocenters. The number of nitrogens with zero attached hydrogens (tertiary/aromatic N) is 3. The molecule has 132 valence electrons. The summed E-state index contributed by atoms with van der Waals surface area (Å²) in [6.07, 6.45) is 0.827. The van der Waals surface area contributed by atoms with Gasteiger partial charge in [0.1, 0.15) is 11.9 Å². The molecule has 3 heterocycles. The van der Waals surface area contributed by atoms with Crippen molar-refractivity contribution in [2.45, 2.75) is 32.0 Å². The number of hydrogen-bond donors (Lipinski definition) is 1. The smallest absolute Gasteiger partial charge is 0.225 e. The number of morpholine rings is 1. The highest BCUT2D eigenvalue weighted by molar-refractivity contribution is 5.77. The van der Waals surface area contributed by atoms with Crippen molar-refractivity contribution in [2.75, 3.05) is 26.3 Å². The number of aromatic nitrogens is 3. The monoisotopic (exact) mass is 342 g/mol. The largest absolute Gasteiger partial charge is 0.373 e. The summed E-state index contributed by atoms with van der Waals surface area (Å²) < 4.78 is 11.6. The summed E-state index contributed by atoms with van der Waals surface area (Å²) in [5.74, 6) is 1.44. The normalized spacial score (nSPS) is 23.3. The highest BCUT2D eigenvalue weighted by atomic mass is 16.5. The molecule has 1 N–H and O–H groups in total. The molecule has 0 bridgehead atoms. The van der Waals surface area contributed by atoms with Crippen molar-refractivity contribution < 1.29 is 14.3 Å². The first-order chi connectivity index (χ1) is 12.2. The Balaban J connectivity index is 1.43. The maximum absolute atomic E-state index is 12.8. The molecule has 2 aliphatic rings. The minimum absolute atomic E-state index is 0.0854. The van der Waals surface area contributed by atoms with Crippen LogP contribution in [-0.2, 0) is 20.7 Å². The standard InChI is InChI=1S/C18H22N4O3/c1-12-19-18(21-20-12)16-11-22(7-9-25-16)17(23)10-15-14-5-3-2-4-13(14)6-8-24-15/h2-5,15-16H,6-11H2,1H3,(H,19,20,21)/t15-,16+/m1/s1. The summed E-state index contributed by atoms with van der Waals surface area (Å²) in [6, 6.07) is 8.21. The second kappa shape index (κ2) is 6.93. The van der Waals surface area contributed by atoms with E-state index < -0.39 is 0 Å². The van der Waals surface area contributed by atoms with Crippen LogP contribution in [0.5, 0.6) is 0 Å². The molecule has 0 spiro atoms. The number of ether oxygens (including phenoxy) is 2. The molecular formula is C18H22N4O3. The Hall–Kier alpha value is -2.25. The van der Waals surface area contributed by atoms with Gasteiger partial charge in [-0.15, -0.1) is 0 Å². The van der Waals surface area contributed by atoms with E-state index in [-0.39, 0.29) is 18.1 Å². The Labute approximate surface area is 146 Å². The van der Waals surface area contributed by atoms with Crippen molar-refractivity contribution in [1.29, 1.82) is 0 Å². The molecule has 0 unspecified atom stereocenters. The lowest BCUT2D eigenvalue weighted by molar-refractivity contribution is -0.142. The third-order valence-electron chi connectivity index (χ3n) is 4.77. The molecule has 0 aliphatic carbocycles. The molecule has 2 aliphatic heterocycles. The fourth-order valence-corrected chi connectivity index (χ4v) is 3.47. The van der Waals surface area contributed by atoms with Crippen molar-refractivity contribution in [3.8, 4) is 0 Å². The molecule has 25 heavy (non-hydrogen) atoms. The van der Waals surface area contributed by atoms with E-state index in [1.165, 1.54) is 5.56 Å². The highest BCUT2D eigenvalue weighted by Gasteiger charge is 2.30. The van der Waals surface area contributed by atoms with Gasteiger partial charge in [-0.1, -0.05) is 24.3 Å². The predicted octanol–water partition coefficient (Wildman–Crippen LogP) is 1.72. The molecule has 0 radical (unpaired) electrons. The first-order valence-corrected chi connectivity index (χ1v) is 8.68. The first kappa shape index (κ1) is 16.2. The number of aromatic amines is 1. The summed E-state index contributed by atoms with van der Waals surface area (Å²) >= 11 is 0. The molecule has 7 nitrogen and oxygen atoms in total.